The molecule has 2 aromatic carbocycles. The molecule has 2 unspecified atom stereocenters. The van der Waals surface area contributed by atoms with Gasteiger partial charge in [0.15, 0.2) is 0 Å². The number of sulfonamides is 1. The largest absolute Gasteiger partial charge is 0.349 e. The Morgan fingerprint density at radius 2 is 1.79 bits per heavy atom. The molecule has 1 fully saturated rings. The van der Waals surface area contributed by atoms with Crippen LogP contribution in [0.4, 0.5) is 14.5 Å². The smallest absolute Gasteiger partial charge is 0.243 e. The molecule has 2 amide bonds. The number of carbonyl (C=O) groups is 2. The predicted molar refractivity (Wildman–Crippen MR) is 120 cm³/mol. The van der Waals surface area contributed by atoms with Gasteiger partial charge in [-0.25, -0.2) is 17.2 Å². The van der Waals surface area contributed by atoms with E-state index in [2.05, 4.69) is 5.32 Å². The van der Waals surface area contributed by atoms with Crippen molar-refractivity contribution in [2.75, 3.05) is 24.5 Å². The molecular formula is C23H27F2N3O4S. The van der Waals surface area contributed by atoms with Gasteiger partial charge in [-0.15, -0.1) is 0 Å². The minimum Gasteiger partial charge on any atom is -0.349 e. The van der Waals surface area contributed by atoms with E-state index in [1.807, 2.05) is 0 Å². The van der Waals surface area contributed by atoms with Gasteiger partial charge in [0, 0.05) is 32.1 Å². The Labute approximate surface area is 192 Å². The van der Waals surface area contributed by atoms with Crippen molar-refractivity contribution in [1.82, 2.24) is 9.62 Å². The minimum absolute atomic E-state index is 0.0129. The summed E-state index contributed by atoms with van der Waals surface area (Å²) in [6.45, 7) is 6.01. The first kappa shape index (κ1) is 24.8. The summed E-state index contributed by atoms with van der Waals surface area (Å²) < 4.78 is 53.8. The number of rotatable bonds is 8. The molecule has 7 nitrogen and oxygen atoms in total. The van der Waals surface area contributed by atoms with Gasteiger partial charge in [0.1, 0.15) is 11.6 Å². The molecule has 1 heterocycles. The van der Waals surface area contributed by atoms with Crippen LogP contribution < -0.4 is 10.2 Å². The Kier molecular flexibility index (Phi) is 7.48. The van der Waals surface area contributed by atoms with Crippen molar-refractivity contribution >= 4 is 27.5 Å². The highest BCUT2D eigenvalue weighted by atomic mass is 32.2. The van der Waals surface area contributed by atoms with Crippen LogP contribution in [0.25, 0.3) is 0 Å². The summed E-state index contributed by atoms with van der Waals surface area (Å²) in [4.78, 5) is 26.4. The highest BCUT2D eigenvalue weighted by Gasteiger charge is 2.36. The van der Waals surface area contributed by atoms with Gasteiger partial charge in [-0.3, -0.25) is 9.59 Å². The van der Waals surface area contributed by atoms with Crippen LogP contribution in [-0.2, 0) is 19.6 Å². The van der Waals surface area contributed by atoms with Crippen LogP contribution in [0, 0.1) is 17.6 Å². The van der Waals surface area contributed by atoms with E-state index in [1.165, 1.54) is 22.5 Å². The molecule has 33 heavy (non-hydrogen) atoms. The quantitative estimate of drug-likeness (QED) is 0.630. The van der Waals surface area contributed by atoms with E-state index in [0.29, 0.717) is 24.7 Å². The maximum Gasteiger partial charge on any atom is 0.243 e. The van der Waals surface area contributed by atoms with Crippen LogP contribution in [0.2, 0.25) is 0 Å². The summed E-state index contributed by atoms with van der Waals surface area (Å²) in [5.41, 5.74) is 0.641. The number of hydrogen-bond acceptors (Lipinski definition) is 4. The topological polar surface area (TPSA) is 86.8 Å². The van der Waals surface area contributed by atoms with Gasteiger partial charge in [-0.2, -0.15) is 4.31 Å². The molecule has 0 aromatic heterocycles. The zero-order chi connectivity index (χ0) is 24.3. The molecule has 3 rings (SSSR count). The summed E-state index contributed by atoms with van der Waals surface area (Å²) >= 11 is 0. The number of carbonyl (C=O) groups excluding carboxylic acids is 2. The van der Waals surface area contributed by atoms with Gasteiger partial charge >= 0.3 is 0 Å². The molecule has 1 aliphatic rings. The maximum atomic E-state index is 14.1. The minimum atomic E-state index is -3.58. The second kappa shape index (κ2) is 9.96. The molecular weight excluding hydrogens is 452 g/mol. The van der Waals surface area contributed by atoms with Crippen LogP contribution in [0.1, 0.15) is 38.8 Å². The third-order valence-corrected chi connectivity index (χ3v) is 7.84. The van der Waals surface area contributed by atoms with Crippen molar-refractivity contribution in [3.05, 3.63) is 59.7 Å². The van der Waals surface area contributed by atoms with Gasteiger partial charge in [0.2, 0.25) is 21.8 Å². The van der Waals surface area contributed by atoms with Gasteiger partial charge in [0.05, 0.1) is 22.5 Å². The van der Waals surface area contributed by atoms with Gasteiger partial charge in [0.25, 0.3) is 0 Å². The second-order valence-electron chi connectivity index (χ2n) is 7.89. The molecule has 1 N–H and O–H groups in total. The van der Waals surface area contributed by atoms with E-state index in [9.17, 15) is 26.8 Å². The van der Waals surface area contributed by atoms with E-state index in [0.717, 1.165) is 11.0 Å². The Balaban J connectivity index is 1.66. The number of halogens is 2. The van der Waals surface area contributed by atoms with Gasteiger partial charge in [-0.1, -0.05) is 26.0 Å². The fourth-order valence-electron chi connectivity index (χ4n) is 3.87. The highest BCUT2D eigenvalue weighted by molar-refractivity contribution is 7.89. The van der Waals surface area contributed by atoms with Gasteiger partial charge in [-0.05, 0) is 36.8 Å². The standard InChI is InChI=1S/C23H27F2N3O4S/c1-4-27(5-2)33(31,32)19-9-6-16(7-10-19)15(3)26-23(30)17-12-22(29)28(14-17)21-11-8-18(24)13-20(21)25/h6-11,13,15,17H,4-5,12,14H2,1-3H3,(H,26,30). The third kappa shape index (κ3) is 5.22. The first-order valence-electron chi connectivity index (χ1n) is 10.7. The lowest BCUT2D eigenvalue weighted by Gasteiger charge is -2.20. The lowest BCUT2D eigenvalue weighted by Crippen LogP contribution is -2.34. The van der Waals surface area contributed by atoms with Crippen molar-refractivity contribution in [2.45, 2.75) is 38.1 Å². The third-order valence-electron chi connectivity index (χ3n) is 5.78. The molecule has 1 aliphatic heterocycles. The lowest BCUT2D eigenvalue weighted by molar-refractivity contribution is -0.126. The summed E-state index contributed by atoms with van der Waals surface area (Å²) in [5, 5.41) is 2.83. The molecule has 0 radical (unpaired) electrons. The SMILES string of the molecule is CCN(CC)S(=O)(=O)c1ccc(C(C)NC(=O)C2CC(=O)N(c3ccc(F)cc3F)C2)cc1. The Hall–Kier alpha value is -2.85. The average molecular weight is 480 g/mol. The average Bonchev–Trinajstić information content (AvgIpc) is 3.16. The number of amides is 2. The molecule has 178 valence electrons. The van der Waals surface area contributed by atoms with Crippen molar-refractivity contribution in [1.29, 1.82) is 0 Å². The van der Waals surface area contributed by atoms with E-state index in [4.69, 9.17) is 0 Å². The Morgan fingerprint density at radius 1 is 1.15 bits per heavy atom. The number of nitrogens with one attached hydrogen (secondary N) is 1. The first-order chi connectivity index (χ1) is 15.6. The fourth-order valence-corrected chi connectivity index (χ4v) is 5.33. The molecule has 0 bridgehead atoms. The van der Waals surface area contributed by atoms with Crippen LogP contribution in [0.15, 0.2) is 47.4 Å². The number of hydrogen-bond donors (Lipinski definition) is 1. The number of nitrogens with zero attached hydrogens (tertiary/aromatic N) is 2. The van der Waals surface area contributed by atoms with Crippen molar-refractivity contribution in [3.8, 4) is 0 Å². The first-order valence-corrected chi connectivity index (χ1v) is 12.2. The van der Waals surface area contributed by atoms with Crippen LogP contribution in [0.5, 0.6) is 0 Å². The summed E-state index contributed by atoms with van der Waals surface area (Å²) in [7, 11) is -3.58. The summed E-state index contributed by atoms with van der Waals surface area (Å²) in [6, 6.07) is 8.79. The normalized spacial score (nSPS) is 17.5. The molecule has 0 saturated carbocycles. The van der Waals surface area contributed by atoms with E-state index in [-0.39, 0.29) is 29.5 Å². The number of anilines is 1. The van der Waals surface area contributed by atoms with Crippen LogP contribution in [0.3, 0.4) is 0 Å². The Bertz CT molecular complexity index is 1130. The zero-order valence-electron chi connectivity index (χ0n) is 18.7. The second-order valence-corrected chi connectivity index (χ2v) is 9.83. The van der Waals surface area contributed by atoms with Crippen LogP contribution in [-0.4, -0.2) is 44.2 Å². The van der Waals surface area contributed by atoms with E-state index >= 15 is 0 Å². The van der Waals surface area contributed by atoms with Crippen LogP contribution >= 0.6 is 0 Å². The van der Waals surface area contributed by atoms with Crippen molar-refractivity contribution < 1.29 is 26.8 Å². The summed E-state index contributed by atoms with van der Waals surface area (Å²) in [6.07, 6.45) is -0.0869. The molecule has 2 atom stereocenters. The monoisotopic (exact) mass is 479 g/mol. The predicted octanol–water partition coefficient (Wildman–Crippen LogP) is 3.23. The van der Waals surface area contributed by atoms with E-state index in [1.54, 1.807) is 32.9 Å². The zero-order valence-corrected chi connectivity index (χ0v) is 19.5. The van der Waals surface area contributed by atoms with E-state index < -0.39 is 39.5 Å². The Morgan fingerprint density at radius 3 is 2.36 bits per heavy atom. The lowest BCUT2D eigenvalue weighted by atomic mass is 10.1. The van der Waals surface area contributed by atoms with Gasteiger partial charge < -0.3 is 10.2 Å². The molecule has 0 aliphatic carbocycles. The fraction of sp³-hybridized carbons (Fsp3) is 0.391. The number of benzene rings is 2. The highest BCUT2D eigenvalue weighted by Crippen LogP contribution is 2.28. The summed E-state index contributed by atoms with van der Waals surface area (Å²) in [5.74, 6) is -3.09. The molecule has 10 heteroatoms. The molecule has 0 spiro atoms. The van der Waals surface area contributed by atoms with Crippen molar-refractivity contribution in [3.63, 3.8) is 0 Å². The van der Waals surface area contributed by atoms with Crippen molar-refractivity contribution in [2.24, 2.45) is 5.92 Å². The molecule has 1 saturated heterocycles. The maximum absolute atomic E-state index is 14.1. The molecule has 2 aromatic rings.